The van der Waals surface area contributed by atoms with Gasteiger partial charge in [0.1, 0.15) is 5.82 Å². The second kappa shape index (κ2) is 4.34. The average molecular weight is 316 g/mol. The highest BCUT2D eigenvalue weighted by Gasteiger charge is 2.02. The summed E-state index contributed by atoms with van der Waals surface area (Å²) < 4.78 is 13.9. The summed E-state index contributed by atoms with van der Waals surface area (Å²) in [6.07, 6.45) is 0. The van der Waals surface area contributed by atoms with Crippen LogP contribution in [0.15, 0.2) is 18.2 Å². The molecule has 0 unspecified atom stereocenters. The zero-order valence-corrected chi connectivity index (χ0v) is 9.50. The van der Waals surface area contributed by atoms with Gasteiger partial charge in [-0.1, -0.05) is 11.6 Å². The summed E-state index contributed by atoms with van der Waals surface area (Å²) in [4.78, 5) is 0. The van der Waals surface area contributed by atoms with E-state index >= 15 is 0 Å². The van der Waals surface area contributed by atoms with Crippen LogP contribution in [0.5, 0.6) is 0 Å². The second-order valence-corrected chi connectivity index (χ2v) is 4.28. The Morgan fingerprint density at radius 2 is 2.25 bits per heavy atom. The molecular formula is C7H4ClFINS. The van der Waals surface area contributed by atoms with Gasteiger partial charge in [-0.15, -0.1) is 0 Å². The molecule has 1 aromatic rings. The number of hydrogen-bond donors (Lipinski definition) is 1. The minimum atomic E-state index is -0.363. The molecule has 12 heavy (non-hydrogen) atoms. The van der Waals surface area contributed by atoms with Gasteiger partial charge < -0.3 is 5.32 Å². The molecule has 0 saturated carbocycles. The SMILES string of the molecule is Fc1ccc(I)cc1NC(=S)Cl. The Labute approximate surface area is 93.4 Å². The lowest BCUT2D eigenvalue weighted by molar-refractivity contribution is 0.632. The van der Waals surface area contributed by atoms with E-state index in [1.54, 1.807) is 12.1 Å². The molecule has 0 aliphatic heterocycles. The van der Waals surface area contributed by atoms with Gasteiger partial charge in [-0.25, -0.2) is 4.39 Å². The fraction of sp³-hybridized carbons (Fsp3) is 0. The Morgan fingerprint density at radius 1 is 1.58 bits per heavy atom. The third kappa shape index (κ3) is 2.84. The summed E-state index contributed by atoms with van der Waals surface area (Å²) in [5, 5.41) is 2.53. The minimum Gasteiger partial charge on any atom is -0.335 e. The van der Waals surface area contributed by atoms with Gasteiger partial charge in [-0.05, 0) is 53.0 Å². The summed E-state index contributed by atoms with van der Waals surface area (Å²) in [6, 6.07) is 4.65. The number of nitrogens with one attached hydrogen (secondary N) is 1. The van der Waals surface area contributed by atoms with Crippen molar-refractivity contribution in [2.45, 2.75) is 0 Å². The molecule has 1 aromatic carbocycles. The quantitative estimate of drug-likeness (QED) is 0.369. The molecule has 64 valence electrons. The average Bonchev–Trinajstić information content (AvgIpc) is 1.96. The molecule has 1 N–H and O–H groups in total. The van der Waals surface area contributed by atoms with E-state index in [1.807, 2.05) is 0 Å². The lowest BCUT2D eigenvalue weighted by Gasteiger charge is -2.03. The lowest BCUT2D eigenvalue weighted by atomic mass is 10.3. The maximum Gasteiger partial charge on any atom is 0.171 e. The Balaban J connectivity index is 2.97. The van der Waals surface area contributed by atoms with Crippen molar-refractivity contribution in [3.8, 4) is 0 Å². The molecule has 0 bridgehead atoms. The van der Waals surface area contributed by atoms with Crippen LogP contribution >= 0.6 is 46.4 Å². The van der Waals surface area contributed by atoms with Crippen molar-refractivity contribution >= 4 is 56.5 Å². The predicted octanol–water partition coefficient (Wildman–Crippen LogP) is 3.37. The number of halogens is 3. The zero-order chi connectivity index (χ0) is 9.14. The van der Waals surface area contributed by atoms with Crippen LogP contribution in [0.2, 0.25) is 0 Å². The van der Waals surface area contributed by atoms with Crippen LogP contribution < -0.4 is 5.32 Å². The number of hydrogen-bond acceptors (Lipinski definition) is 1. The first-order valence-electron chi connectivity index (χ1n) is 3.01. The van der Waals surface area contributed by atoms with E-state index in [1.165, 1.54) is 6.07 Å². The van der Waals surface area contributed by atoms with Crippen molar-refractivity contribution in [3.63, 3.8) is 0 Å². The van der Waals surface area contributed by atoms with Crippen molar-refractivity contribution in [1.82, 2.24) is 0 Å². The Kier molecular flexibility index (Phi) is 3.67. The zero-order valence-electron chi connectivity index (χ0n) is 5.77. The maximum atomic E-state index is 12.9. The fourth-order valence-electron chi connectivity index (χ4n) is 0.699. The topological polar surface area (TPSA) is 12.0 Å². The normalized spacial score (nSPS) is 9.58. The molecule has 0 aliphatic rings. The second-order valence-electron chi connectivity index (χ2n) is 2.02. The van der Waals surface area contributed by atoms with Crippen molar-refractivity contribution < 1.29 is 4.39 Å². The number of benzene rings is 1. The number of anilines is 1. The van der Waals surface area contributed by atoms with E-state index < -0.39 is 0 Å². The predicted molar refractivity (Wildman–Crippen MR) is 61.2 cm³/mol. The first-order valence-corrected chi connectivity index (χ1v) is 4.87. The highest BCUT2D eigenvalue weighted by molar-refractivity contribution is 14.1. The molecule has 0 amide bonds. The standard InChI is InChI=1S/C7H4ClFINS/c8-7(12)11-6-3-4(10)1-2-5(6)9/h1-3H,(H,11,12). The van der Waals surface area contributed by atoms with Gasteiger partial charge in [-0.3, -0.25) is 0 Å². The van der Waals surface area contributed by atoms with Gasteiger partial charge in [-0.2, -0.15) is 0 Å². The third-order valence-electron chi connectivity index (χ3n) is 1.16. The van der Waals surface area contributed by atoms with E-state index in [0.717, 1.165) is 3.57 Å². The summed E-state index contributed by atoms with van der Waals surface area (Å²) >= 11 is 12.0. The Bertz CT molecular complexity index is 318. The first-order chi connectivity index (χ1) is 5.59. The number of rotatable bonds is 1. The van der Waals surface area contributed by atoms with Crippen LogP contribution in [0.4, 0.5) is 10.1 Å². The number of thiocarbonyl (C=S) groups is 1. The molecule has 0 fully saturated rings. The van der Waals surface area contributed by atoms with Gasteiger partial charge in [0, 0.05) is 3.57 Å². The Morgan fingerprint density at radius 3 is 2.83 bits per heavy atom. The first kappa shape index (κ1) is 10.1. The van der Waals surface area contributed by atoms with Crippen LogP contribution in [0, 0.1) is 9.39 Å². The fourth-order valence-corrected chi connectivity index (χ4v) is 1.40. The van der Waals surface area contributed by atoms with Gasteiger partial charge in [0.15, 0.2) is 4.45 Å². The lowest BCUT2D eigenvalue weighted by Crippen LogP contribution is -2.02. The van der Waals surface area contributed by atoms with Gasteiger partial charge in [0.2, 0.25) is 0 Å². The van der Waals surface area contributed by atoms with Crippen molar-refractivity contribution in [3.05, 3.63) is 27.6 Å². The summed E-state index contributed by atoms with van der Waals surface area (Å²) in [5.41, 5.74) is 0.307. The molecule has 0 aliphatic carbocycles. The molecule has 0 heterocycles. The molecule has 1 rings (SSSR count). The van der Waals surface area contributed by atoms with E-state index in [4.69, 9.17) is 11.6 Å². The minimum absolute atomic E-state index is 0.0379. The molecule has 0 spiro atoms. The molecular weight excluding hydrogens is 312 g/mol. The van der Waals surface area contributed by atoms with Gasteiger partial charge in [0.05, 0.1) is 5.69 Å². The molecule has 0 atom stereocenters. The molecule has 0 saturated heterocycles. The van der Waals surface area contributed by atoms with E-state index in [9.17, 15) is 4.39 Å². The van der Waals surface area contributed by atoms with Crippen LogP contribution in [0.25, 0.3) is 0 Å². The van der Waals surface area contributed by atoms with Crippen molar-refractivity contribution in [2.75, 3.05) is 5.32 Å². The summed E-state index contributed by atoms with van der Waals surface area (Å²) in [5.74, 6) is -0.363. The monoisotopic (exact) mass is 315 g/mol. The highest BCUT2D eigenvalue weighted by Crippen LogP contribution is 2.17. The highest BCUT2D eigenvalue weighted by atomic mass is 127. The van der Waals surface area contributed by atoms with Crippen molar-refractivity contribution in [2.24, 2.45) is 0 Å². The van der Waals surface area contributed by atoms with Crippen LogP contribution in [0.3, 0.4) is 0 Å². The smallest absolute Gasteiger partial charge is 0.171 e. The Hall–Kier alpha value is 0.0600. The largest absolute Gasteiger partial charge is 0.335 e. The van der Waals surface area contributed by atoms with Crippen molar-refractivity contribution in [1.29, 1.82) is 0 Å². The molecule has 0 radical (unpaired) electrons. The van der Waals surface area contributed by atoms with E-state index in [0.29, 0.717) is 5.69 Å². The summed E-state index contributed by atoms with van der Waals surface area (Å²) in [6.45, 7) is 0. The van der Waals surface area contributed by atoms with Crippen LogP contribution in [-0.2, 0) is 0 Å². The molecule has 1 nitrogen and oxygen atoms in total. The molecule has 0 aromatic heterocycles. The van der Waals surface area contributed by atoms with Gasteiger partial charge >= 0.3 is 0 Å². The van der Waals surface area contributed by atoms with Crippen LogP contribution in [0.1, 0.15) is 0 Å². The van der Waals surface area contributed by atoms with Gasteiger partial charge in [0.25, 0.3) is 0 Å². The van der Waals surface area contributed by atoms with E-state index in [-0.39, 0.29) is 10.3 Å². The van der Waals surface area contributed by atoms with Crippen LogP contribution in [-0.4, -0.2) is 4.45 Å². The van der Waals surface area contributed by atoms with E-state index in [2.05, 4.69) is 40.1 Å². The molecule has 5 heteroatoms. The third-order valence-corrected chi connectivity index (χ3v) is 2.03. The maximum absolute atomic E-state index is 12.9. The summed E-state index contributed by atoms with van der Waals surface area (Å²) in [7, 11) is 0.